The third-order valence-electron chi connectivity index (χ3n) is 4.44. The summed E-state index contributed by atoms with van der Waals surface area (Å²) in [6, 6.07) is 7.29. The van der Waals surface area contributed by atoms with Gasteiger partial charge >= 0.3 is 0 Å². The molecule has 0 radical (unpaired) electrons. The molecular formula is C19H24FN5O3. The van der Waals surface area contributed by atoms with Gasteiger partial charge in [0.05, 0.1) is 12.8 Å². The Morgan fingerprint density at radius 3 is 2.86 bits per heavy atom. The molecular weight excluding hydrogens is 365 g/mol. The zero-order valence-corrected chi connectivity index (χ0v) is 15.7. The molecule has 3 rings (SSSR count). The lowest BCUT2D eigenvalue weighted by Gasteiger charge is -2.13. The van der Waals surface area contributed by atoms with Gasteiger partial charge in [0, 0.05) is 32.4 Å². The van der Waals surface area contributed by atoms with Crippen LogP contribution in [0.2, 0.25) is 0 Å². The number of ether oxygens (including phenoxy) is 2. The Bertz CT molecular complexity index is 775. The molecule has 9 heteroatoms. The maximum atomic E-state index is 14.0. The quantitative estimate of drug-likeness (QED) is 0.476. The first-order valence-corrected chi connectivity index (χ1v) is 9.12. The number of benzene rings is 1. The van der Waals surface area contributed by atoms with Crippen LogP contribution in [-0.2, 0) is 9.53 Å². The van der Waals surface area contributed by atoms with Crippen LogP contribution in [0.5, 0.6) is 5.75 Å². The molecule has 8 nitrogen and oxygen atoms in total. The van der Waals surface area contributed by atoms with E-state index in [0.717, 1.165) is 37.0 Å². The number of methoxy groups -OCH3 is 1. The highest BCUT2D eigenvalue weighted by molar-refractivity contribution is 5.56. The van der Waals surface area contributed by atoms with Gasteiger partial charge < -0.3 is 25.0 Å². The summed E-state index contributed by atoms with van der Waals surface area (Å²) in [5, 5.41) is 6.07. The summed E-state index contributed by atoms with van der Waals surface area (Å²) in [5.41, 5.74) is 0.758. The molecule has 150 valence electrons. The van der Waals surface area contributed by atoms with Gasteiger partial charge in [-0.3, -0.25) is 4.79 Å². The monoisotopic (exact) mass is 389 g/mol. The van der Waals surface area contributed by atoms with E-state index < -0.39 is 5.82 Å². The van der Waals surface area contributed by atoms with E-state index >= 15 is 0 Å². The molecule has 0 aliphatic carbocycles. The van der Waals surface area contributed by atoms with Crippen LogP contribution in [0.15, 0.2) is 30.5 Å². The Balaban J connectivity index is 1.56. The van der Waals surface area contributed by atoms with Crippen LogP contribution in [0, 0.1) is 11.7 Å². The van der Waals surface area contributed by atoms with Gasteiger partial charge in [-0.25, -0.2) is 9.37 Å². The molecule has 28 heavy (non-hydrogen) atoms. The molecule has 1 unspecified atom stereocenters. The van der Waals surface area contributed by atoms with Gasteiger partial charge in [0.1, 0.15) is 12.4 Å². The van der Waals surface area contributed by atoms with E-state index in [1.165, 1.54) is 0 Å². The maximum absolute atomic E-state index is 14.0. The van der Waals surface area contributed by atoms with Crippen molar-refractivity contribution in [2.75, 3.05) is 50.6 Å². The van der Waals surface area contributed by atoms with Crippen LogP contribution >= 0.6 is 0 Å². The standard InChI is InChI=1S/C19H24FN5O3/c1-27-8-9-28-16-4-2-15(3-5-16)23-19-22-11-17(20)18(24-19)21-10-14-6-7-25(12-14)13-26/h2-5,11,13-14H,6-10,12H2,1H3,(H2,21,22,23,24). The van der Waals surface area contributed by atoms with Gasteiger partial charge in [0.15, 0.2) is 11.6 Å². The average Bonchev–Trinajstić information content (AvgIpc) is 3.18. The molecule has 0 spiro atoms. The smallest absolute Gasteiger partial charge is 0.229 e. The van der Waals surface area contributed by atoms with Crippen molar-refractivity contribution in [2.24, 2.45) is 5.92 Å². The number of aromatic nitrogens is 2. The molecule has 2 aromatic rings. The molecule has 2 N–H and O–H groups in total. The number of carbonyl (C=O) groups excluding carboxylic acids is 1. The molecule has 1 aliphatic heterocycles. The topological polar surface area (TPSA) is 88.6 Å². The van der Waals surface area contributed by atoms with Gasteiger partial charge in [-0.2, -0.15) is 4.98 Å². The summed E-state index contributed by atoms with van der Waals surface area (Å²) in [4.78, 5) is 20.7. The zero-order valence-electron chi connectivity index (χ0n) is 15.7. The van der Waals surface area contributed by atoms with Crippen LogP contribution in [0.25, 0.3) is 0 Å². The van der Waals surface area contributed by atoms with E-state index in [0.29, 0.717) is 26.3 Å². The normalized spacial score (nSPS) is 16.1. The summed E-state index contributed by atoms with van der Waals surface area (Å²) in [6.45, 7) is 2.95. The van der Waals surface area contributed by atoms with Crippen LogP contribution in [0.4, 0.5) is 21.8 Å². The molecule has 1 amide bonds. The first-order valence-electron chi connectivity index (χ1n) is 9.12. The Kier molecular flexibility index (Phi) is 6.96. The van der Waals surface area contributed by atoms with Crippen molar-refractivity contribution in [3.63, 3.8) is 0 Å². The molecule has 1 saturated heterocycles. The molecule has 0 bridgehead atoms. The minimum absolute atomic E-state index is 0.140. The summed E-state index contributed by atoms with van der Waals surface area (Å²) < 4.78 is 24.5. The van der Waals surface area contributed by atoms with Crippen LogP contribution in [0.1, 0.15) is 6.42 Å². The number of rotatable bonds is 10. The highest BCUT2D eigenvalue weighted by Gasteiger charge is 2.21. The van der Waals surface area contributed by atoms with Crippen molar-refractivity contribution in [1.82, 2.24) is 14.9 Å². The zero-order chi connectivity index (χ0) is 19.8. The Morgan fingerprint density at radius 2 is 2.14 bits per heavy atom. The largest absolute Gasteiger partial charge is 0.491 e. The second-order valence-electron chi connectivity index (χ2n) is 6.52. The third-order valence-corrected chi connectivity index (χ3v) is 4.44. The van der Waals surface area contributed by atoms with Crippen molar-refractivity contribution in [1.29, 1.82) is 0 Å². The Hall–Kier alpha value is -2.94. The number of nitrogens with zero attached hydrogens (tertiary/aromatic N) is 3. The molecule has 0 saturated carbocycles. The SMILES string of the molecule is COCCOc1ccc(Nc2ncc(F)c(NCC3CCN(C=O)C3)n2)cc1. The summed E-state index contributed by atoms with van der Waals surface area (Å²) in [5.74, 6) is 0.921. The van der Waals surface area contributed by atoms with Crippen molar-refractivity contribution in [3.8, 4) is 5.75 Å². The van der Waals surface area contributed by atoms with Gasteiger partial charge in [0.2, 0.25) is 12.4 Å². The van der Waals surface area contributed by atoms with Crippen molar-refractivity contribution in [3.05, 3.63) is 36.3 Å². The summed E-state index contributed by atoms with van der Waals surface area (Å²) in [7, 11) is 1.62. The third kappa shape index (κ3) is 5.53. The Morgan fingerprint density at radius 1 is 1.32 bits per heavy atom. The van der Waals surface area contributed by atoms with Gasteiger partial charge in [-0.1, -0.05) is 0 Å². The molecule has 1 aliphatic rings. The first-order chi connectivity index (χ1) is 13.7. The fourth-order valence-corrected chi connectivity index (χ4v) is 2.92. The average molecular weight is 389 g/mol. The second-order valence-corrected chi connectivity index (χ2v) is 6.52. The fourth-order valence-electron chi connectivity index (χ4n) is 2.92. The molecule has 2 heterocycles. The highest BCUT2D eigenvalue weighted by atomic mass is 19.1. The lowest BCUT2D eigenvalue weighted by Crippen LogP contribution is -2.22. The van der Waals surface area contributed by atoms with Crippen molar-refractivity contribution < 1.29 is 18.7 Å². The first kappa shape index (κ1) is 19.8. The number of anilines is 3. The predicted molar refractivity (Wildman–Crippen MR) is 103 cm³/mol. The van der Waals surface area contributed by atoms with Crippen LogP contribution in [0.3, 0.4) is 0 Å². The van der Waals surface area contributed by atoms with Crippen molar-refractivity contribution >= 4 is 23.9 Å². The van der Waals surface area contributed by atoms with E-state index in [2.05, 4.69) is 20.6 Å². The molecule has 1 aromatic carbocycles. The number of hydrogen-bond donors (Lipinski definition) is 2. The summed E-state index contributed by atoms with van der Waals surface area (Å²) in [6.07, 6.45) is 2.87. The van der Waals surface area contributed by atoms with Gasteiger partial charge in [0.25, 0.3) is 0 Å². The van der Waals surface area contributed by atoms with E-state index in [-0.39, 0.29) is 17.7 Å². The number of halogens is 1. The predicted octanol–water partition coefficient (Wildman–Crippen LogP) is 2.27. The number of carbonyl (C=O) groups is 1. The van der Waals surface area contributed by atoms with Gasteiger partial charge in [-0.15, -0.1) is 0 Å². The second kappa shape index (κ2) is 9.84. The maximum Gasteiger partial charge on any atom is 0.229 e. The lowest BCUT2D eigenvalue weighted by molar-refractivity contribution is -0.117. The minimum atomic E-state index is -0.516. The number of hydrogen-bond acceptors (Lipinski definition) is 7. The molecule has 1 atom stereocenters. The van der Waals surface area contributed by atoms with Gasteiger partial charge in [-0.05, 0) is 36.6 Å². The number of nitrogens with one attached hydrogen (secondary N) is 2. The highest BCUT2D eigenvalue weighted by Crippen LogP contribution is 2.21. The van der Waals surface area contributed by atoms with Crippen LogP contribution in [-0.4, -0.2) is 61.2 Å². The molecule has 1 fully saturated rings. The number of amides is 1. The Labute approximate surface area is 163 Å². The number of likely N-dealkylation sites (tertiary alicyclic amines) is 1. The van der Waals surface area contributed by atoms with E-state index in [4.69, 9.17) is 9.47 Å². The minimum Gasteiger partial charge on any atom is -0.491 e. The van der Waals surface area contributed by atoms with Crippen molar-refractivity contribution in [2.45, 2.75) is 6.42 Å². The van der Waals surface area contributed by atoms with E-state index in [1.54, 1.807) is 12.0 Å². The van der Waals surface area contributed by atoms with E-state index in [9.17, 15) is 9.18 Å². The summed E-state index contributed by atoms with van der Waals surface area (Å²) >= 11 is 0. The van der Waals surface area contributed by atoms with Crippen LogP contribution < -0.4 is 15.4 Å². The fraction of sp³-hybridized carbons (Fsp3) is 0.421. The van der Waals surface area contributed by atoms with E-state index in [1.807, 2.05) is 24.3 Å². The lowest BCUT2D eigenvalue weighted by atomic mass is 10.1. The molecule has 1 aromatic heterocycles.